The average Bonchev–Trinajstić information content (AvgIpc) is 2.98. The number of ether oxygens (including phenoxy) is 1. The highest BCUT2D eigenvalue weighted by Crippen LogP contribution is 2.23. The molecule has 0 amide bonds. The van der Waals surface area contributed by atoms with E-state index in [-0.39, 0.29) is 23.6 Å². The van der Waals surface area contributed by atoms with Gasteiger partial charge in [-0.15, -0.1) is 0 Å². The van der Waals surface area contributed by atoms with Crippen molar-refractivity contribution in [2.75, 3.05) is 0 Å². The summed E-state index contributed by atoms with van der Waals surface area (Å²) in [6.07, 6.45) is -0.242. The third kappa shape index (κ3) is 4.06. The summed E-state index contributed by atoms with van der Waals surface area (Å²) in [6.45, 7) is 1.70. The van der Waals surface area contributed by atoms with Crippen LogP contribution in [0.2, 0.25) is 5.02 Å². The maximum absolute atomic E-state index is 13.7. The molecule has 6 heteroatoms. The Balaban J connectivity index is 1.66. The van der Waals surface area contributed by atoms with Gasteiger partial charge in [-0.2, -0.15) is 0 Å². The molecule has 0 saturated carbocycles. The number of nitrogens with zero attached hydrogens (tertiary/aromatic N) is 1. The lowest BCUT2D eigenvalue weighted by molar-refractivity contribution is -0.144. The van der Waals surface area contributed by atoms with Crippen molar-refractivity contribution in [1.82, 2.24) is 4.98 Å². The lowest BCUT2D eigenvalue weighted by Crippen LogP contribution is -2.10. The lowest BCUT2D eigenvalue weighted by atomic mass is 10.1. The van der Waals surface area contributed by atoms with Gasteiger partial charge in [0.2, 0.25) is 5.89 Å². The second kappa shape index (κ2) is 7.49. The Labute approximate surface area is 149 Å². The fourth-order valence-electron chi connectivity index (χ4n) is 2.31. The van der Waals surface area contributed by atoms with Gasteiger partial charge in [0.05, 0.1) is 6.42 Å². The van der Waals surface area contributed by atoms with Crippen molar-refractivity contribution in [3.63, 3.8) is 0 Å². The van der Waals surface area contributed by atoms with Gasteiger partial charge in [0, 0.05) is 16.1 Å². The van der Waals surface area contributed by atoms with E-state index in [0.717, 1.165) is 5.56 Å². The zero-order valence-corrected chi connectivity index (χ0v) is 14.2. The second-order valence-corrected chi connectivity index (χ2v) is 5.83. The molecule has 4 nitrogen and oxygen atoms in total. The van der Waals surface area contributed by atoms with Crippen LogP contribution < -0.4 is 0 Å². The van der Waals surface area contributed by atoms with Gasteiger partial charge in [0.1, 0.15) is 23.9 Å². The Morgan fingerprint density at radius 2 is 1.96 bits per heavy atom. The van der Waals surface area contributed by atoms with Crippen molar-refractivity contribution >= 4 is 17.6 Å². The van der Waals surface area contributed by atoms with E-state index in [9.17, 15) is 9.18 Å². The van der Waals surface area contributed by atoms with Gasteiger partial charge in [0.25, 0.3) is 0 Å². The molecule has 25 heavy (non-hydrogen) atoms. The summed E-state index contributed by atoms with van der Waals surface area (Å²) in [5.74, 6) is -0.0963. The first-order valence-electron chi connectivity index (χ1n) is 7.65. The molecular weight excluding hydrogens is 345 g/mol. The highest BCUT2D eigenvalue weighted by molar-refractivity contribution is 6.31. The molecular formula is C19H15ClFNO3. The van der Waals surface area contributed by atoms with Crippen molar-refractivity contribution in [1.29, 1.82) is 0 Å². The number of oxazole rings is 1. The standard InChI is InChI=1S/C19H15ClFNO3/c1-12-17(22-19(25-12)13-6-3-2-4-7-13)11-24-18(23)10-14-15(20)8-5-9-16(14)21/h2-9H,10-11H2,1H3. The molecule has 0 aliphatic heterocycles. The number of benzene rings is 2. The minimum absolute atomic E-state index is 0.0485. The van der Waals surface area contributed by atoms with Crippen LogP contribution in [0.1, 0.15) is 17.0 Å². The van der Waals surface area contributed by atoms with Crippen molar-refractivity contribution in [3.05, 3.63) is 76.4 Å². The number of halogens is 2. The highest BCUT2D eigenvalue weighted by atomic mass is 35.5. The summed E-state index contributed by atoms with van der Waals surface area (Å²) in [5.41, 5.74) is 1.48. The van der Waals surface area contributed by atoms with E-state index in [1.54, 1.807) is 6.92 Å². The number of rotatable bonds is 5. The van der Waals surface area contributed by atoms with E-state index in [0.29, 0.717) is 17.3 Å². The summed E-state index contributed by atoms with van der Waals surface area (Å²) in [4.78, 5) is 16.3. The molecule has 0 fully saturated rings. The normalized spacial score (nSPS) is 10.7. The van der Waals surface area contributed by atoms with Crippen LogP contribution in [0.5, 0.6) is 0 Å². The molecule has 0 N–H and O–H groups in total. The zero-order valence-electron chi connectivity index (χ0n) is 13.5. The molecule has 0 aliphatic carbocycles. The molecule has 3 aromatic rings. The lowest BCUT2D eigenvalue weighted by Gasteiger charge is -2.06. The fourth-order valence-corrected chi connectivity index (χ4v) is 2.54. The summed E-state index contributed by atoms with van der Waals surface area (Å²) in [6, 6.07) is 13.7. The fraction of sp³-hybridized carbons (Fsp3) is 0.158. The topological polar surface area (TPSA) is 52.3 Å². The van der Waals surface area contributed by atoms with Crippen molar-refractivity contribution in [2.24, 2.45) is 0 Å². The van der Waals surface area contributed by atoms with Crippen LogP contribution in [-0.4, -0.2) is 11.0 Å². The van der Waals surface area contributed by atoms with Crippen LogP contribution in [-0.2, 0) is 22.6 Å². The highest BCUT2D eigenvalue weighted by Gasteiger charge is 2.16. The van der Waals surface area contributed by atoms with Crippen molar-refractivity contribution in [3.8, 4) is 11.5 Å². The van der Waals surface area contributed by atoms with Crippen LogP contribution in [0.3, 0.4) is 0 Å². The Bertz CT molecular complexity index is 873. The van der Waals surface area contributed by atoms with Gasteiger partial charge < -0.3 is 9.15 Å². The predicted molar refractivity (Wildman–Crippen MR) is 91.6 cm³/mol. The van der Waals surface area contributed by atoms with Crippen LogP contribution in [0, 0.1) is 12.7 Å². The maximum atomic E-state index is 13.7. The van der Waals surface area contributed by atoms with E-state index < -0.39 is 11.8 Å². The third-order valence-corrected chi connectivity index (χ3v) is 4.02. The molecule has 3 rings (SSSR count). The monoisotopic (exact) mass is 359 g/mol. The van der Waals surface area contributed by atoms with E-state index in [1.165, 1.54) is 18.2 Å². The summed E-state index contributed by atoms with van der Waals surface area (Å²) < 4.78 is 24.5. The molecule has 1 heterocycles. The molecule has 0 radical (unpaired) electrons. The quantitative estimate of drug-likeness (QED) is 0.618. The second-order valence-electron chi connectivity index (χ2n) is 5.43. The van der Waals surface area contributed by atoms with Gasteiger partial charge in [-0.05, 0) is 31.2 Å². The minimum atomic E-state index is -0.587. The number of carbonyl (C=O) groups excluding carboxylic acids is 1. The van der Waals surface area contributed by atoms with Crippen molar-refractivity contribution in [2.45, 2.75) is 20.0 Å². The molecule has 0 bridgehead atoms. The SMILES string of the molecule is Cc1oc(-c2ccccc2)nc1COC(=O)Cc1c(F)cccc1Cl. The molecule has 128 valence electrons. The van der Waals surface area contributed by atoms with Crippen molar-refractivity contribution < 1.29 is 18.3 Å². The molecule has 0 atom stereocenters. The Hall–Kier alpha value is -2.66. The number of aromatic nitrogens is 1. The van der Waals surface area contributed by atoms with Crippen LogP contribution in [0.25, 0.3) is 11.5 Å². The van der Waals surface area contributed by atoms with Gasteiger partial charge in [-0.25, -0.2) is 9.37 Å². The van der Waals surface area contributed by atoms with Crippen LogP contribution in [0.4, 0.5) is 4.39 Å². The van der Waals surface area contributed by atoms with E-state index in [1.807, 2.05) is 30.3 Å². The number of esters is 1. The minimum Gasteiger partial charge on any atom is -0.459 e. The zero-order chi connectivity index (χ0) is 17.8. The Morgan fingerprint density at radius 3 is 2.68 bits per heavy atom. The summed E-state index contributed by atoms with van der Waals surface area (Å²) >= 11 is 5.91. The van der Waals surface area contributed by atoms with Gasteiger partial charge >= 0.3 is 5.97 Å². The van der Waals surface area contributed by atoms with Crippen LogP contribution >= 0.6 is 11.6 Å². The van der Waals surface area contributed by atoms with E-state index >= 15 is 0 Å². The molecule has 0 spiro atoms. The first kappa shape index (κ1) is 17.2. The van der Waals surface area contributed by atoms with Gasteiger partial charge in [0.15, 0.2) is 0 Å². The number of hydrogen-bond acceptors (Lipinski definition) is 4. The molecule has 1 aromatic heterocycles. The molecule has 2 aromatic carbocycles. The predicted octanol–water partition coefficient (Wildman–Crippen LogP) is 4.73. The van der Waals surface area contributed by atoms with Gasteiger partial charge in [-0.1, -0.05) is 35.9 Å². The maximum Gasteiger partial charge on any atom is 0.310 e. The smallest absolute Gasteiger partial charge is 0.310 e. The molecule has 0 saturated heterocycles. The third-order valence-electron chi connectivity index (χ3n) is 3.67. The summed E-state index contributed by atoms with van der Waals surface area (Å²) in [7, 11) is 0. The Kier molecular flexibility index (Phi) is 5.14. The van der Waals surface area contributed by atoms with E-state index in [4.69, 9.17) is 20.8 Å². The number of aryl methyl sites for hydroxylation is 1. The number of hydrogen-bond donors (Lipinski definition) is 0. The molecule has 0 aliphatic rings. The average molecular weight is 360 g/mol. The summed E-state index contributed by atoms with van der Waals surface area (Å²) in [5, 5.41) is 0.195. The van der Waals surface area contributed by atoms with E-state index in [2.05, 4.69) is 4.98 Å². The number of carbonyl (C=O) groups is 1. The first-order valence-corrected chi connectivity index (χ1v) is 8.02. The largest absolute Gasteiger partial charge is 0.459 e. The van der Waals surface area contributed by atoms with Gasteiger partial charge in [-0.3, -0.25) is 4.79 Å². The molecule has 0 unspecified atom stereocenters. The first-order chi connectivity index (χ1) is 12.0. The Morgan fingerprint density at radius 1 is 1.20 bits per heavy atom. The van der Waals surface area contributed by atoms with Crippen LogP contribution in [0.15, 0.2) is 52.9 Å².